The van der Waals surface area contributed by atoms with Gasteiger partial charge in [0.15, 0.2) is 0 Å². The van der Waals surface area contributed by atoms with E-state index in [-0.39, 0.29) is 5.91 Å². The molecule has 3 atom stereocenters. The number of carboxylic acids is 1. The molecule has 0 aromatic rings. The fraction of sp³-hybridized carbons (Fsp3) is 0.846. The molecule has 1 heterocycles. The van der Waals surface area contributed by atoms with Crippen LogP contribution in [0.25, 0.3) is 0 Å². The molecule has 1 aliphatic carbocycles. The van der Waals surface area contributed by atoms with E-state index >= 15 is 0 Å². The summed E-state index contributed by atoms with van der Waals surface area (Å²) in [4.78, 5) is 25.1. The monoisotopic (exact) mass is 254 g/mol. The highest BCUT2D eigenvalue weighted by molar-refractivity contribution is 5.90. The second-order valence-electron chi connectivity index (χ2n) is 5.85. The summed E-state index contributed by atoms with van der Waals surface area (Å²) in [6.07, 6.45) is 4.72. The van der Waals surface area contributed by atoms with Gasteiger partial charge < -0.3 is 15.7 Å². The van der Waals surface area contributed by atoms with E-state index in [4.69, 9.17) is 10.8 Å². The molecule has 1 aliphatic heterocycles. The number of hydrogen-bond donors (Lipinski definition) is 2. The summed E-state index contributed by atoms with van der Waals surface area (Å²) in [7, 11) is 0. The molecule has 18 heavy (non-hydrogen) atoms. The van der Waals surface area contributed by atoms with Crippen LogP contribution < -0.4 is 5.73 Å². The van der Waals surface area contributed by atoms with E-state index < -0.39 is 17.6 Å². The summed E-state index contributed by atoms with van der Waals surface area (Å²) in [5.41, 5.74) is 5.41. The lowest BCUT2D eigenvalue weighted by Crippen LogP contribution is -2.59. The summed E-state index contributed by atoms with van der Waals surface area (Å²) in [6.45, 7) is 2.63. The average Bonchev–Trinajstić information content (AvgIpc) is 2.76. The molecule has 0 bridgehead atoms. The Labute approximate surface area is 107 Å². The molecule has 5 nitrogen and oxygen atoms in total. The van der Waals surface area contributed by atoms with Crippen LogP contribution in [0.15, 0.2) is 0 Å². The molecule has 2 unspecified atom stereocenters. The Morgan fingerprint density at radius 2 is 2.06 bits per heavy atom. The molecule has 102 valence electrons. The molecule has 0 spiro atoms. The quantitative estimate of drug-likeness (QED) is 0.769. The molecular weight excluding hydrogens is 232 g/mol. The largest absolute Gasteiger partial charge is 0.480 e. The van der Waals surface area contributed by atoms with Gasteiger partial charge in [0.2, 0.25) is 5.91 Å². The standard InChI is InChI=1S/C13H22N2O3/c1-9-4-2-6-13(14,8-9)12(18)15-7-3-5-10(15)11(16)17/h9-10H,2-8,14H2,1H3,(H,16,17)/t9?,10-,13?/m1/s1. The third-order valence-corrected chi connectivity index (χ3v) is 4.26. The topological polar surface area (TPSA) is 83.6 Å². The van der Waals surface area contributed by atoms with Crippen molar-refractivity contribution in [3.05, 3.63) is 0 Å². The average molecular weight is 254 g/mol. The van der Waals surface area contributed by atoms with Crippen molar-refractivity contribution < 1.29 is 14.7 Å². The van der Waals surface area contributed by atoms with Gasteiger partial charge in [-0.25, -0.2) is 4.79 Å². The van der Waals surface area contributed by atoms with Gasteiger partial charge >= 0.3 is 5.97 Å². The van der Waals surface area contributed by atoms with Crippen LogP contribution in [0.2, 0.25) is 0 Å². The van der Waals surface area contributed by atoms with E-state index in [1.54, 1.807) is 0 Å². The molecular formula is C13H22N2O3. The number of aliphatic carboxylic acids is 1. The van der Waals surface area contributed by atoms with Crippen LogP contribution in [0.1, 0.15) is 45.4 Å². The van der Waals surface area contributed by atoms with Crippen molar-refractivity contribution in [1.82, 2.24) is 4.90 Å². The van der Waals surface area contributed by atoms with E-state index in [0.29, 0.717) is 31.7 Å². The Morgan fingerprint density at radius 3 is 2.67 bits per heavy atom. The highest BCUT2D eigenvalue weighted by atomic mass is 16.4. The van der Waals surface area contributed by atoms with Crippen LogP contribution in [-0.2, 0) is 9.59 Å². The number of amides is 1. The molecule has 2 fully saturated rings. The Balaban J connectivity index is 2.12. The maximum atomic E-state index is 12.5. The summed E-state index contributed by atoms with van der Waals surface area (Å²) in [5, 5.41) is 9.13. The minimum Gasteiger partial charge on any atom is -0.480 e. The van der Waals surface area contributed by atoms with Gasteiger partial charge in [-0.3, -0.25) is 4.79 Å². The summed E-state index contributed by atoms with van der Waals surface area (Å²) in [5.74, 6) is -0.620. The predicted molar refractivity (Wildman–Crippen MR) is 66.9 cm³/mol. The first-order valence-electron chi connectivity index (χ1n) is 6.77. The van der Waals surface area contributed by atoms with Crippen molar-refractivity contribution in [2.24, 2.45) is 11.7 Å². The first-order chi connectivity index (χ1) is 8.44. The summed E-state index contributed by atoms with van der Waals surface area (Å²) >= 11 is 0. The Bertz CT molecular complexity index is 358. The number of likely N-dealkylation sites (tertiary alicyclic amines) is 1. The molecule has 1 amide bonds. The molecule has 5 heteroatoms. The van der Waals surface area contributed by atoms with Crippen molar-refractivity contribution >= 4 is 11.9 Å². The molecule has 1 saturated heterocycles. The maximum Gasteiger partial charge on any atom is 0.326 e. The highest BCUT2D eigenvalue weighted by Crippen LogP contribution is 2.33. The van der Waals surface area contributed by atoms with E-state index in [2.05, 4.69) is 6.92 Å². The number of nitrogens with zero attached hydrogens (tertiary/aromatic N) is 1. The number of nitrogens with two attached hydrogens (primary N) is 1. The molecule has 0 aromatic heterocycles. The van der Waals surface area contributed by atoms with Crippen molar-refractivity contribution in [3.8, 4) is 0 Å². The van der Waals surface area contributed by atoms with Gasteiger partial charge in [-0.05, 0) is 31.6 Å². The van der Waals surface area contributed by atoms with Crippen LogP contribution in [0.3, 0.4) is 0 Å². The first-order valence-corrected chi connectivity index (χ1v) is 6.77. The first kappa shape index (κ1) is 13.3. The van der Waals surface area contributed by atoms with Gasteiger partial charge in [0.1, 0.15) is 6.04 Å². The van der Waals surface area contributed by atoms with E-state index in [0.717, 1.165) is 19.3 Å². The van der Waals surface area contributed by atoms with Crippen LogP contribution in [0.4, 0.5) is 0 Å². The van der Waals surface area contributed by atoms with Crippen molar-refractivity contribution in [3.63, 3.8) is 0 Å². The molecule has 2 rings (SSSR count). The Hall–Kier alpha value is -1.10. The lowest BCUT2D eigenvalue weighted by molar-refractivity contribution is -0.151. The zero-order chi connectivity index (χ0) is 13.3. The highest BCUT2D eigenvalue weighted by Gasteiger charge is 2.45. The molecule has 0 aromatic carbocycles. The molecule has 0 radical (unpaired) electrons. The SMILES string of the molecule is CC1CCCC(N)(C(=O)N2CCC[C@@H]2C(=O)O)C1. The second kappa shape index (κ2) is 4.88. The van der Waals surface area contributed by atoms with Crippen LogP contribution in [-0.4, -0.2) is 40.0 Å². The van der Waals surface area contributed by atoms with Crippen LogP contribution in [0, 0.1) is 5.92 Å². The third kappa shape index (κ3) is 2.36. The Kier molecular flexibility index (Phi) is 3.61. The van der Waals surface area contributed by atoms with E-state index in [1.807, 2.05) is 0 Å². The van der Waals surface area contributed by atoms with Crippen molar-refractivity contribution in [1.29, 1.82) is 0 Å². The smallest absolute Gasteiger partial charge is 0.326 e. The van der Waals surface area contributed by atoms with Crippen LogP contribution >= 0.6 is 0 Å². The lowest BCUT2D eigenvalue weighted by Gasteiger charge is -2.39. The fourth-order valence-electron chi connectivity index (χ4n) is 3.34. The molecule has 3 N–H and O–H groups in total. The van der Waals surface area contributed by atoms with Crippen LogP contribution in [0.5, 0.6) is 0 Å². The number of hydrogen-bond acceptors (Lipinski definition) is 3. The van der Waals surface area contributed by atoms with Gasteiger partial charge in [0.05, 0.1) is 5.54 Å². The lowest BCUT2D eigenvalue weighted by atomic mass is 9.76. The zero-order valence-corrected chi connectivity index (χ0v) is 10.9. The van der Waals surface area contributed by atoms with Gasteiger partial charge in [-0.15, -0.1) is 0 Å². The van der Waals surface area contributed by atoms with E-state index in [9.17, 15) is 9.59 Å². The predicted octanol–water partition coefficient (Wildman–Crippen LogP) is 0.970. The Morgan fingerprint density at radius 1 is 1.33 bits per heavy atom. The maximum absolute atomic E-state index is 12.5. The summed E-state index contributed by atoms with van der Waals surface area (Å²) in [6, 6.07) is -0.671. The van der Waals surface area contributed by atoms with Gasteiger partial charge in [0, 0.05) is 6.54 Å². The molecule has 1 saturated carbocycles. The zero-order valence-electron chi connectivity index (χ0n) is 10.9. The second-order valence-corrected chi connectivity index (χ2v) is 5.85. The minimum absolute atomic E-state index is 0.154. The fourth-order valence-corrected chi connectivity index (χ4v) is 3.34. The third-order valence-electron chi connectivity index (χ3n) is 4.26. The number of carbonyl (C=O) groups is 2. The summed E-state index contributed by atoms with van der Waals surface area (Å²) < 4.78 is 0. The molecule has 2 aliphatic rings. The number of rotatable bonds is 2. The van der Waals surface area contributed by atoms with E-state index in [1.165, 1.54) is 4.90 Å². The van der Waals surface area contributed by atoms with Gasteiger partial charge in [-0.1, -0.05) is 19.8 Å². The minimum atomic E-state index is -0.909. The number of carbonyl (C=O) groups excluding carboxylic acids is 1. The van der Waals surface area contributed by atoms with Crippen molar-refractivity contribution in [2.75, 3.05) is 6.54 Å². The van der Waals surface area contributed by atoms with Gasteiger partial charge in [0.25, 0.3) is 0 Å². The number of carboxylic acid groups (broad SMARTS) is 1. The van der Waals surface area contributed by atoms with Crippen molar-refractivity contribution in [2.45, 2.75) is 57.0 Å². The van der Waals surface area contributed by atoms with Gasteiger partial charge in [-0.2, -0.15) is 0 Å². The normalized spacial score (nSPS) is 36.7.